The molecular formula is C20H29N5O. The van der Waals surface area contributed by atoms with Gasteiger partial charge in [0, 0.05) is 46.6 Å². The van der Waals surface area contributed by atoms with E-state index in [1.54, 1.807) is 19.0 Å². The van der Waals surface area contributed by atoms with Crippen LogP contribution in [-0.4, -0.2) is 60.5 Å². The second-order valence-electron chi connectivity index (χ2n) is 6.56. The number of nitrogens with one attached hydrogen (secondary N) is 1. The van der Waals surface area contributed by atoms with Gasteiger partial charge in [-0.15, -0.1) is 0 Å². The molecule has 26 heavy (non-hydrogen) atoms. The summed E-state index contributed by atoms with van der Waals surface area (Å²) in [6, 6.07) is 14.4. The lowest BCUT2D eigenvalue weighted by Gasteiger charge is -2.23. The Morgan fingerprint density at radius 2 is 1.85 bits per heavy atom. The molecule has 0 unspecified atom stereocenters. The highest BCUT2D eigenvalue weighted by molar-refractivity contribution is 5.84. The molecule has 140 valence electrons. The zero-order chi connectivity index (χ0) is 18.9. The molecule has 0 radical (unpaired) electrons. The van der Waals surface area contributed by atoms with Gasteiger partial charge in [-0.25, -0.2) is 4.99 Å². The van der Waals surface area contributed by atoms with Crippen LogP contribution in [0.1, 0.15) is 11.3 Å². The Bertz CT molecular complexity index is 721. The fourth-order valence-corrected chi connectivity index (χ4v) is 2.54. The fourth-order valence-electron chi connectivity index (χ4n) is 2.54. The van der Waals surface area contributed by atoms with E-state index < -0.39 is 0 Å². The summed E-state index contributed by atoms with van der Waals surface area (Å²) < 4.78 is 2.09. The number of aliphatic imine (C=N–C) groups is 1. The summed E-state index contributed by atoms with van der Waals surface area (Å²) in [5, 5.41) is 3.39. The van der Waals surface area contributed by atoms with Crippen LogP contribution in [0.15, 0.2) is 53.7 Å². The van der Waals surface area contributed by atoms with E-state index in [1.165, 1.54) is 11.3 Å². The number of hydrogen-bond donors (Lipinski definition) is 1. The molecule has 2 aromatic rings. The van der Waals surface area contributed by atoms with Crippen molar-refractivity contribution in [1.82, 2.24) is 19.7 Å². The first-order valence-electron chi connectivity index (χ1n) is 8.81. The highest BCUT2D eigenvalue weighted by Crippen LogP contribution is 2.04. The molecule has 0 spiro atoms. The maximum atomic E-state index is 11.9. The average Bonchev–Trinajstić information content (AvgIpc) is 3.03. The quantitative estimate of drug-likeness (QED) is 0.608. The van der Waals surface area contributed by atoms with Crippen LogP contribution in [0.25, 0.3) is 0 Å². The van der Waals surface area contributed by atoms with Gasteiger partial charge < -0.3 is 19.7 Å². The third kappa shape index (κ3) is 5.95. The van der Waals surface area contributed by atoms with Crippen molar-refractivity contribution in [3.05, 3.63) is 59.9 Å². The van der Waals surface area contributed by atoms with E-state index in [-0.39, 0.29) is 12.5 Å². The number of amides is 1. The van der Waals surface area contributed by atoms with Gasteiger partial charge in [0.05, 0.1) is 6.54 Å². The summed E-state index contributed by atoms with van der Waals surface area (Å²) in [5.74, 6) is 0.719. The van der Waals surface area contributed by atoms with Gasteiger partial charge in [0.25, 0.3) is 0 Å². The number of likely N-dealkylation sites (N-methyl/N-ethyl adjacent to an activating group) is 1. The molecule has 1 heterocycles. The van der Waals surface area contributed by atoms with Crippen molar-refractivity contribution < 1.29 is 4.79 Å². The molecule has 0 aliphatic heterocycles. The lowest BCUT2D eigenvalue weighted by atomic mass is 10.1. The van der Waals surface area contributed by atoms with E-state index >= 15 is 0 Å². The van der Waals surface area contributed by atoms with E-state index in [0.29, 0.717) is 0 Å². The summed E-state index contributed by atoms with van der Waals surface area (Å²) in [5.41, 5.74) is 2.46. The number of rotatable bonds is 7. The Morgan fingerprint density at radius 3 is 2.46 bits per heavy atom. The summed E-state index contributed by atoms with van der Waals surface area (Å²) in [7, 11) is 7.50. The second-order valence-corrected chi connectivity index (χ2v) is 6.56. The number of hydrogen-bond acceptors (Lipinski definition) is 2. The van der Waals surface area contributed by atoms with Crippen molar-refractivity contribution in [2.24, 2.45) is 12.0 Å². The van der Waals surface area contributed by atoms with Crippen LogP contribution in [0.2, 0.25) is 0 Å². The Kier molecular flexibility index (Phi) is 7.26. The van der Waals surface area contributed by atoms with Crippen LogP contribution in [0.5, 0.6) is 0 Å². The standard InChI is InChI=1S/C20H29N5O/c1-23(2)19(26)15-22-20(21-13-12-17-9-6-5-7-10-17)25(4)16-18-11-8-14-24(18)3/h5-11,14H,12-13,15-16H2,1-4H3,(H,21,22). The van der Waals surface area contributed by atoms with Crippen LogP contribution in [-0.2, 0) is 24.8 Å². The summed E-state index contributed by atoms with van der Waals surface area (Å²) in [6.07, 6.45) is 2.93. The molecule has 0 aliphatic rings. The minimum atomic E-state index is -0.0142. The van der Waals surface area contributed by atoms with E-state index in [4.69, 9.17) is 0 Å². The predicted molar refractivity (Wildman–Crippen MR) is 106 cm³/mol. The molecule has 0 saturated heterocycles. The van der Waals surface area contributed by atoms with E-state index in [2.05, 4.69) is 33.1 Å². The maximum absolute atomic E-state index is 11.9. The van der Waals surface area contributed by atoms with E-state index in [9.17, 15) is 4.79 Å². The highest BCUT2D eigenvalue weighted by atomic mass is 16.2. The molecule has 0 bridgehead atoms. The molecule has 1 N–H and O–H groups in total. The van der Waals surface area contributed by atoms with Crippen molar-refractivity contribution in [3.63, 3.8) is 0 Å². The maximum Gasteiger partial charge on any atom is 0.243 e. The van der Waals surface area contributed by atoms with Crippen molar-refractivity contribution in [2.45, 2.75) is 13.0 Å². The Hall–Kier alpha value is -2.76. The number of aryl methyl sites for hydroxylation is 1. The van der Waals surface area contributed by atoms with Crippen molar-refractivity contribution >= 4 is 11.9 Å². The Labute approximate surface area is 156 Å². The summed E-state index contributed by atoms with van der Waals surface area (Å²) >= 11 is 0. The molecular weight excluding hydrogens is 326 g/mol. The Balaban J connectivity index is 2.01. The van der Waals surface area contributed by atoms with Crippen molar-refractivity contribution in [1.29, 1.82) is 0 Å². The van der Waals surface area contributed by atoms with Gasteiger partial charge in [-0.1, -0.05) is 30.3 Å². The van der Waals surface area contributed by atoms with Crippen LogP contribution < -0.4 is 5.32 Å². The molecule has 6 heteroatoms. The smallest absolute Gasteiger partial charge is 0.243 e. The first kappa shape index (κ1) is 19.6. The number of nitrogens with zero attached hydrogens (tertiary/aromatic N) is 4. The molecule has 0 atom stereocenters. The van der Waals surface area contributed by atoms with Gasteiger partial charge in [-0.05, 0) is 24.1 Å². The number of guanidine groups is 1. The minimum absolute atomic E-state index is 0.0142. The fraction of sp³-hybridized carbons (Fsp3) is 0.400. The molecule has 1 aromatic heterocycles. The second kappa shape index (κ2) is 9.65. The highest BCUT2D eigenvalue weighted by Gasteiger charge is 2.10. The number of benzene rings is 1. The first-order valence-corrected chi connectivity index (χ1v) is 8.81. The molecule has 0 saturated carbocycles. The van der Waals surface area contributed by atoms with Crippen LogP contribution in [0, 0.1) is 0 Å². The van der Waals surface area contributed by atoms with Gasteiger partial charge in [-0.2, -0.15) is 0 Å². The zero-order valence-corrected chi connectivity index (χ0v) is 16.1. The van der Waals surface area contributed by atoms with E-state index in [1.807, 2.05) is 49.5 Å². The van der Waals surface area contributed by atoms with Gasteiger partial charge in [0.1, 0.15) is 6.54 Å². The molecule has 6 nitrogen and oxygen atoms in total. The lowest BCUT2D eigenvalue weighted by molar-refractivity contribution is -0.127. The molecule has 0 aliphatic carbocycles. The number of carbonyl (C=O) groups excluding carboxylic acids is 1. The largest absolute Gasteiger partial charge is 0.356 e. The SMILES string of the molecule is CN(C)C(=O)CN=C(NCCc1ccccc1)N(C)Cc1cccn1C. The van der Waals surface area contributed by atoms with Gasteiger partial charge in [0.2, 0.25) is 5.91 Å². The van der Waals surface area contributed by atoms with Crippen LogP contribution in [0.3, 0.4) is 0 Å². The predicted octanol–water partition coefficient (Wildman–Crippen LogP) is 1.73. The first-order chi connectivity index (χ1) is 12.5. The normalized spacial score (nSPS) is 11.3. The molecule has 2 rings (SSSR count). The number of aromatic nitrogens is 1. The van der Waals surface area contributed by atoms with Gasteiger partial charge in [0.15, 0.2) is 5.96 Å². The zero-order valence-electron chi connectivity index (χ0n) is 16.1. The third-order valence-corrected chi connectivity index (χ3v) is 4.21. The summed E-state index contributed by atoms with van der Waals surface area (Å²) in [4.78, 5) is 20.0. The minimum Gasteiger partial charge on any atom is -0.356 e. The monoisotopic (exact) mass is 355 g/mol. The third-order valence-electron chi connectivity index (χ3n) is 4.21. The molecule has 1 aromatic carbocycles. The average molecular weight is 355 g/mol. The summed E-state index contributed by atoms with van der Waals surface area (Å²) in [6.45, 7) is 1.62. The van der Waals surface area contributed by atoms with Gasteiger partial charge >= 0.3 is 0 Å². The van der Waals surface area contributed by atoms with Crippen LogP contribution >= 0.6 is 0 Å². The molecule has 0 fully saturated rings. The number of carbonyl (C=O) groups is 1. The van der Waals surface area contributed by atoms with Crippen molar-refractivity contribution in [3.8, 4) is 0 Å². The van der Waals surface area contributed by atoms with E-state index in [0.717, 1.165) is 25.5 Å². The van der Waals surface area contributed by atoms with Gasteiger partial charge in [-0.3, -0.25) is 4.79 Å². The van der Waals surface area contributed by atoms with Crippen LogP contribution in [0.4, 0.5) is 0 Å². The van der Waals surface area contributed by atoms with Crippen molar-refractivity contribution in [2.75, 3.05) is 34.2 Å². The lowest BCUT2D eigenvalue weighted by Crippen LogP contribution is -2.40. The topological polar surface area (TPSA) is 52.9 Å². The molecule has 1 amide bonds. The Morgan fingerprint density at radius 1 is 1.12 bits per heavy atom.